The molecule has 0 radical (unpaired) electrons. The molecule has 2 N–H and O–H groups in total. The zero-order valence-electron chi connectivity index (χ0n) is 38.2. The van der Waals surface area contributed by atoms with Crippen molar-refractivity contribution in [2.75, 3.05) is 6.61 Å². The van der Waals surface area contributed by atoms with Gasteiger partial charge in [0.25, 0.3) is 0 Å². The molecule has 348 valence electrons. The Morgan fingerprint density at radius 2 is 0.812 bits per heavy atom. The van der Waals surface area contributed by atoms with Gasteiger partial charge in [-0.05, 0) is 113 Å². The van der Waals surface area contributed by atoms with Crippen LogP contribution in [0.5, 0.6) is 0 Å². The third kappa shape index (κ3) is 9.04. The number of carbonyl (C=O) groups is 1. The van der Waals surface area contributed by atoms with Crippen LogP contribution in [0, 0.1) is 61.7 Å². The van der Waals surface area contributed by atoms with Gasteiger partial charge in [0.2, 0.25) is 11.6 Å². The number of rotatable bonds is 8. The predicted molar refractivity (Wildman–Crippen MR) is 259 cm³/mol. The normalized spacial score (nSPS) is 12.1. The van der Waals surface area contributed by atoms with Gasteiger partial charge in [0.05, 0.1) is 46.1 Å². The van der Waals surface area contributed by atoms with E-state index in [2.05, 4.69) is 62.2 Å². The van der Waals surface area contributed by atoms with Crippen LogP contribution in [0.1, 0.15) is 36.0 Å². The maximum absolute atomic E-state index is 16.0. The van der Waals surface area contributed by atoms with Crippen molar-refractivity contribution in [1.82, 2.24) is 19.9 Å². The first-order valence-corrected chi connectivity index (χ1v) is 25.3. The van der Waals surface area contributed by atoms with Gasteiger partial charge in [-0.3, -0.25) is 0 Å². The second-order valence-corrected chi connectivity index (χ2v) is 23.8. The number of nitrogens with zero attached hydrogens (tertiary/aromatic N) is 2. The molecule has 9 rings (SSSR count). The topological polar surface area (TPSA) is 83.7 Å². The van der Waals surface area contributed by atoms with E-state index in [-0.39, 0.29) is 94.0 Å². The smallest absolute Gasteiger partial charge is 1.00 e. The molecule has 4 aromatic carbocycles. The fraction of sp³-hybridized carbons (Fsp3) is 0.100. The van der Waals surface area contributed by atoms with Crippen LogP contribution in [0.3, 0.4) is 0 Å². The number of halogens is 11. The molecule has 0 spiro atoms. The van der Waals surface area contributed by atoms with Crippen LogP contribution in [-0.4, -0.2) is 63.6 Å². The summed E-state index contributed by atoms with van der Waals surface area (Å²) in [7, 11) is -1.56. The van der Waals surface area contributed by atoms with E-state index in [0.29, 0.717) is 17.2 Å². The fourth-order valence-corrected chi connectivity index (χ4v) is 8.98. The summed E-state index contributed by atoms with van der Waals surface area (Å²) in [5.41, 5.74) is -3.02. The van der Waals surface area contributed by atoms with E-state index >= 15 is 35.1 Å². The third-order valence-electron chi connectivity index (χ3n) is 11.3. The Hall–Kier alpha value is -6.04. The summed E-state index contributed by atoms with van der Waals surface area (Å²) in [5.74, 6) is -22.8. The van der Waals surface area contributed by atoms with Gasteiger partial charge in [-0.25, -0.2) is 58.7 Å². The van der Waals surface area contributed by atoms with Crippen molar-refractivity contribution in [2.45, 2.75) is 25.7 Å². The summed E-state index contributed by atoms with van der Waals surface area (Å²) in [6, 6.07) is 18.9. The Kier molecular flexibility index (Phi) is 13.6. The molecule has 2 aliphatic rings. The Balaban J connectivity index is 0.00000275. The van der Waals surface area contributed by atoms with Crippen molar-refractivity contribution in [2.24, 2.45) is 0 Å². The molecule has 0 aliphatic carbocycles. The largest absolute Gasteiger partial charge is 2.00 e. The van der Waals surface area contributed by atoms with Crippen LogP contribution in [-0.2, 0) is 4.74 Å². The van der Waals surface area contributed by atoms with E-state index in [4.69, 9.17) is 4.74 Å². The number of carbonyl (C=O) groups excluding carboxylic acids is 1. The van der Waals surface area contributed by atoms with Gasteiger partial charge in [-0.2, -0.15) is 0 Å². The number of hydrogen-bond acceptors (Lipinski definition) is 4. The van der Waals surface area contributed by atoms with E-state index in [1.807, 2.05) is 0 Å². The van der Waals surface area contributed by atoms with E-state index in [0.717, 1.165) is 3.57 Å². The maximum Gasteiger partial charge on any atom is 2.00 e. The molecule has 0 atom stereocenters. The Morgan fingerprint density at radius 3 is 1.17 bits per heavy atom. The Bertz CT molecular complexity index is 3400. The first-order valence-electron chi connectivity index (χ1n) is 20.6. The molecule has 0 amide bonds. The number of benzene rings is 4. The Labute approximate surface area is 419 Å². The number of fused-ring (bicyclic) bond motifs is 8. The van der Waals surface area contributed by atoms with Crippen LogP contribution >= 0.6 is 22.6 Å². The minimum Gasteiger partial charge on any atom is -1.00 e. The van der Waals surface area contributed by atoms with E-state index in [9.17, 15) is 13.6 Å². The monoisotopic (exact) mass is 1090 g/mol. The second kappa shape index (κ2) is 19.0. The van der Waals surface area contributed by atoms with Crippen molar-refractivity contribution >= 4 is 106 Å². The molecule has 6 nitrogen and oxygen atoms in total. The Morgan fingerprint density at radius 1 is 0.493 bits per heavy atom. The quantitative estimate of drug-likeness (QED) is 0.0397. The summed E-state index contributed by atoms with van der Waals surface area (Å²) < 4.78 is 160. The zero-order valence-corrected chi connectivity index (χ0v) is 40.8. The van der Waals surface area contributed by atoms with Crippen LogP contribution < -0.4 is 0 Å². The standard InChI is InChI=1S/C50H31F10IN4O2Si.Mg.2H/c1-68(2,3)21-20-67-50(66)24-6-4-22(5-7-24)34-26-12-16-30(62-26)36(38-40(51)44(55)48(59)45(56)41(38)52)32-18-14-28(64-32)35(23-8-10-25(61)11-9-23)29-15-19-33(65-29)37(31-17-13-27(34)63-31)39-42(53)46(57)49(60)47(58)43(39)54;;;/h4-19,62,65H,20-21H2,1-3H3;;;/q;+2;2*-1. The molecule has 3 aromatic heterocycles. The first-order chi connectivity index (χ1) is 32.3. The van der Waals surface area contributed by atoms with Gasteiger partial charge >= 0.3 is 29.0 Å². The van der Waals surface area contributed by atoms with Crippen molar-refractivity contribution in [3.8, 4) is 44.5 Å². The molecule has 0 saturated heterocycles. The summed E-state index contributed by atoms with van der Waals surface area (Å²) in [5, 5.41) is 0. The number of hydrogen-bond donors (Lipinski definition) is 2. The number of ether oxygens (including phenoxy) is 1. The van der Waals surface area contributed by atoms with Gasteiger partial charge in [0, 0.05) is 56.0 Å². The minimum atomic E-state index is -2.38. The van der Waals surface area contributed by atoms with E-state index < -0.39 is 94.5 Å². The molecular weight excluding hydrogens is 1060 g/mol. The fourth-order valence-electron chi connectivity index (χ4n) is 7.91. The second-order valence-electron chi connectivity index (χ2n) is 16.9. The number of H-pyrrole nitrogens is 2. The molecule has 5 heterocycles. The van der Waals surface area contributed by atoms with Crippen LogP contribution in [0.15, 0.2) is 72.8 Å². The van der Waals surface area contributed by atoms with Crippen molar-refractivity contribution in [1.29, 1.82) is 0 Å². The summed E-state index contributed by atoms with van der Waals surface area (Å²) in [4.78, 5) is 28.5. The average Bonchev–Trinajstić information content (AvgIpc) is 4.17. The number of aromatic amines is 2. The SMILES string of the molecule is C[Si](C)(C)CCOC(=O)c1ccc(-c2c3nc(c(-c4c(F)c(F)c(F)c(F)c4F)c4ccc([nH]4)c(-c4ccc(I)cc4)c4nc(c(-c5c(F)c(F)c(F)c(F)c5F)c5ccc2[nH]5)C=C4)C=C3)cc1.[H-].[H-].[Mg+2]. The van der Waals surface area contributed by atoms with Gasteiger partial charge in [0.15, 0.2) is 46.5 Å². The average molecular weight is 1090 g/mol. The van der Waals surface area contributed by atoms with Gasteiger partial charge in [-0.15, -0.1) is 0 Å². The van der Waals surface area contributed by atoms with Crippen molar-refractivity contribution in [3.05, 3.63) is 163 Å². The van der Waals surface area contributed by atoms with Crippen LogP contribution in [0.2, 0.25) is 25.7 Å². The van der Waals surface area contributed by atoms with Gasteiger partial charge < -0.3 is 17.6 Å². The summed E-state index contributed by atoms with van der Waals surface area (Å²) in [6.45, 7) is 6.55. The summed E-state index contributed by atoms with van der Waals surface area (Å²) >= 11 is 2.06. The third-order valence-corrected chi connectivity index (χ3v) is 13.7. The van der Waals surface area contributed by atoms with Gasteiger partial charge in [-0.1, -0.05) is 43.9 Å². The van der Waals surface area contributed by atoms with Crippen LogP contribution in [0.25, 0.3) is 90.9 Å². The zero-order chi connectivity index (χ0) is 48.5. The molecule has 2 aliphatic heterocycles. The van der Waals surface area contributed by atoms with Crippen LogP contribution in [0.4, 0.5) is 43.9 Å². The molecular formula is C50H33F10IMgN4O2Si. The molecule has 0 unspecified atom stereocenters. The van der Waals surface area contributed by atoms with Gasteiger partial charge in [0.1, 0.15) is 0 Å². The number of nitrogens with one attached hydrogen (secondary N) is 2. The minimum absolute atomic E-state index is 0. The molecule has 0 fully saturated rings. The summed E-state index contributed by atoms with van der Waals surface area (Å²) in [6.07, 6.45) is 5.35. The number of aromatic nitrogens is 4. The van der Waals surface area contributed by atoms with Crippen molar-refractivity contribution in [3.63, 3.8) is 0 Å². The maximum atomic E-state index is 16.0. The molecule has 0 saturated carbocycles. The molecule has 69 heavy (non-hydrogen) atoms. The molecule has 19 heteroatoms. The van der Waals surface area contributed by atoms with E-state index in [1.165, 1.54) is 72.8 Å². The molecule has 7 aromatic rings. The van der Waals surface area contributed by atoms with Crippen molar-refractivity contribution < 1.29 is 56.3 Å². The predicted octanol–water partition coefficient (Wildman–Crippen LogP) is 14.7. The molecule has 8 bridgehead atoms. The van der Waals surface area contributed by atoms with E-state index in [1.54, 1.807) is 24.3 Å². The first kappa shape index (κ1) is 49.4. The number of esters is 1.